The first-order chi connectivity index (χ1) is 11.9. The number of aromatic nitrogens is 1. The Morgan fingerprint density at radius 2 is 2.00 bits per heavy atom. The van der Waals surface area contributed by atoms with Gasteiger partial charge in [0.15, 0.2) is 11.6 Å². The molecule has 1 amide bonds. The minimum atomic E-state index is -0.992. The van der Waals surface area contributed by atoms with Crippen molar-refractivity contribution < 1.29 is 13.6 Å². The maximum absolute atomic E-state index is 13.2. The van der Waals surface area contributed by atoms with Gasteiger partial charge in [0, 0.05) is 11.8 Å². The first-order valence-electron chi connectivity index (χ1n) is 7.74. The topological polar surface area (TPSA) is 45.2 Å². The van der Waals surface area contributed by atoms with Crippen LogP contribution in [0, 0.1) is 11.6 Å². The Balaban J connectivity index is 1.64. The first kappa shape index (κ1) is 17.4. The molecule has 0 aliphatic carbocycles. The van der Waals surface area contributed by atoms with Crippen molar-refractivity contribution in [3.8, 4) is 0 Å². The molecule has 0 spiro atoms. The summed E-state index contributed by atoms with van der Waals surface area (Å²) in [5.41, 5.74) is 1.17. The van der Waals surface area contributed by atoms with Crippen LogP contribution in [0.3, 0.4) is 0 Å². The first-order valence-corrected chi connectivity index (χ1v) is 8.56. The molecule has 1 N–H and O–H groups in total. The van der Waals surface area contributed by atoms with E-state index in [9.17, 15) is 13.6 Å². The Morgan fingerprint density at radius 1 is 1.24 bits per heavy atom. The Bertz CT molecular complexity index is 879. The van der Waals surface area contributed by atoms with Gasteiger partial charge in [0.2, 0.25) is 5.91 Å². The summed E-state index contributed by atoms with van der Waals surface area (Å²) in [5, 5.41) is 3.49. The van der Waals surface area contributed by atoms with Crippen LogP contribution in [0.2, 0.25) is 0 Å². The van der Waals surface area contributed by atoms with Crippen LogP contribution >= 0.6 is 11.3 Å². The number of halogens is 2. The Hall–Kier alpha value is -2.38. The van der Waals surface area contributed by atoms with Crippen LogP contribution < -0.4 is 5.32 Å². The van der Waals surface area contributed by atoms with E-state index in [0.29, 0.717) is 0 Å². The van der Waals surface area contributed by atoms with Crippen molar-refractivity contribution in [1.82, 2.24) is 9.88 Å². The van der Waals surface area contributed by atoms with Gasteiger partial charge in [-0.3, -0.25) is 9.69 Å². The monoisotopic (exact) mass is 361 g/mol. The van der Waals surface area contributed by atoms with Crippen LogP contribution in [0.5, 0.6) is 0 Å². The summed E-state index contributed by atoms with van der Waals surface area (Å²) in [6.45, 7) is 2.08. The van der Waals surface area contributed by atoms with Gasteiger partial charge >= 0.3 is 0 Å². The third-order valence-corrected chi connectivity index (χ3v) is 5.13. The Labute approximate surface area is 148 Å². The van der Waals surface area contributed by atoms with Crippen LogP contribution in [0.4, 0.5) is 14.5 Å². The average Bonchev–Trinajstić information content (AvgIpc) is 3.01. The number of hydrogen-bond donors (Lipinski definition) is 1. The molecule has 0 aliphatic rings. The summed E-state index contributed by atoms with van der Waals surface area (Å²) in [6, 6.07) is 11.1. The van der Waals surface area contributed by atoms with Crippen LogP contribution in [0.25, 0.3) is 10.2 Å². The molecule has 25 heavy (non-hydrogen) atoms. The van der Waals surface area contributed by atoms with Crippen molar-refractivity contribution >= 4 is 33.1 Å². The number of hydrogen-bond acceptors (Lipinski definition) is 4. The molecule has 0 radical (unpaired) electrons. The summed E-state index contributed by atoms with van der Waals surface area (Å²) < 4.78 is 27.2. The fourth-order valence-electron chi connectivity index (χ4n) is 2.40. The number of anilines is 1. The zero-order valence-electron chi connectivity index (χ0n) is 13.8. The van der Waals surface area contributed by atoms with E-state index in [2.05, 4.69) is 10.3 Å². The number of carbonyl (C=O) groups is 1. The number of amides is 1. The summed E-state index contributed by atoms with van der Waals surface area (Å²) in [7, 11) is 1.82. The highest BCUT2D eigenvalue weighted by Crippen LogP contribution is 2.28. The largest absolute Gasteiger partial charge is 0.325 e. The second-order valence-corrected chi connectivity index (χ2v) is 6.85. The van der Waals surface area contributed by atoms with Gasteiger partial charge in [0.25, 0.3) is 0 Å². The minimum absolute atomic E-state index is 0.0481. The van der Waals surface area contributed by atoms with E-state index in [1.165, 1.54) is 6.07 Å². The lowest BCUT2D eigenvalue weighted by Crippen LogP contribution is -2.32. The van der Waals surface area contributed by atoms with E-state index in [-0.39, 0.29) is 24.2 Å². The molecular weight excluding hydrogens is 344 g/mol. The van der Waals surface area contributed by atoms with Crippen molar-refractivity contribution in [2.24, 2.45) is 0 Å². The van der Waals surface area contributed by atoms with Crippen molar-refractivity contribution in [3.05, 3.63) is 59.1 Å². The number of nitrogens with zero attached hydrogens (tertiary/aromatic N) is 2. The Morgan fingerprint density at radius 3 is 2.72 bits per heavy atom. The van der Waals surface area contributed by atoms with Gasteiger partial charge in [-0.2, -0.15) is 0 Å². The molecule has 0 fully saturated rings. The molecule has 3 rings (SSSR count). The van der Waals surface area contributed by atoms with Crippen LogP contribution in [0.1, 0.15) is 18.0 Å². The van der Waals surface area contributed by atoms with Gasteiger partial charge in [0.05, 0.1) is 22.8 Å². The molecule has 0 unspecified atom stereocenters. The highest BCUT2D eigenvalue weighted by atomic mass is 32.1. The van der Waals surface area contributed by atoms with Crippen LogP contribution in [-0.2, 0) is 4.79 Å². The van der Waals surface area contributed by atoms with Gasteiger partial charge in [-0.15, -0.1) is 11.3 Å². The molecule has 0 bridgehead atoms. The number of likely N-dealkylation sites (N-methyl/N-ethyl adjacent to an activating group) is 1. The van der Waals surface area contributed by atoms with Crippen molar-refractivity contribution in [2.75, 3.05) is 18.9 Å². The molecule has 3 aromatic rings. The highest BCUT2D eigenvalue weighted by molar-refractivity contribution is 7.18. The second kappa shape index (κ2) is 7.25. The second-order valence-electron chi connectivity index (χ2n) is 5.79. The zero-order chi connectivity index (χ0) is 18.0. The number of nitrogens with one attached hydrogen (secondary N) is 1. The zero-order valence-corrected chi connectivity index (χ0v) is 14.6. The third-order valence-electron chi connectivity index (χ3n) is 3.93. The smallest absolute Gasteiger partial charge is 0.238 e. The number of rotatable bonds is 5. The third kappa shape index (κ3) is 4.00. The van der Waals surface area contributed by atoms with Crippen molar-refractivity contribution in [1.29, 1.82) is 0 Å². The highest BCUT2D eigenvalue weighted by Gasteiger charge is 2.18. The fourth-order valence-corrected chi connectivity index (χ4v) is 3.48. The Kier molecular flexibility index (Phi) is 5.06. The number of thiazole rings is 1. The van der Waals surface area contributed by atoms with Gasteiger partial charge in [-0.1, -0.05) is 12.1 Å². The number of fused-ring (bicyclic) bond motifs is 1. The van der Waals surface area contributed by atoms with Gasteiger partial charge < -0.3 is 5.32 Å². The molecule has 1 atom stereocenters. The molecule has 4 nitrogen and oxygen atoms in total. The lowest BCUT2D eigenvalue weighted by atomic mass is 10.3. The van der Waals surface area contributed by atoms with E-state index < -0.39 is 11.6 Å². The van der Waals surface area contributed by atoms with Crippen LogP contribution in [-0.4, -0.2) is 29.4 Å². The molecule has 0 saturated heterocycles. The number of benzene rings is 2. The predicted octanol–water partition coefficient (Wildman–Crippen LogP) is 4.21. The molecule has 2 aromatic carbocycles. The molecule has 0 aliphatic heterocycles. The fraction of sp³-hybridized carbons (Fsp3) is 0.222. The molecule has 0 saturated carbocycles. The normalized spacial score (nSPS) is 12.5. The molecule has 130 valence electrons. The van der Waals surface area contributed by atoms with E-state index in [1.54, 1.807) is 11.3 Å². The number of carbonyl (C=O) groups excluding carboxylic acids is 1. The standard InChI is InChI=1S/C18H17F2N3OS/c1-11(18-22-15-5-3-4-6-16(15)25-18)23(2)10-17(24)21-12-7-8-13(19)14(20)9-12/h3-9,11H,10H2,1-2H3,(H,21,24)/t11-/m1/s1. The van der Waals surface area contributed by atoms with Gasteiger partial charge in [-0.05, 0) is 38.2 Å². The summed E-state index contributed by atoms with van der Waals surface area (Å²) >= 11 is 1.59. The minimum Gasteiger partial charge on any atom is -0.325 e. The molecule has 7 heteroatoms. The van der Waals surface area contributed by atoms with E-state index in [4.69, 9.17) is 0 Å². The summed E-state index contributed by atoms with van der Waals surface area (Å²) in [6.07, 6.45) is 0. The van der Waals surface area contributed by atoms with E-state index in [0.717, 1.165) is 27.4 Å². The quantitative estimate of drug-likeness (QED) is 0.741. The van der Waals surface area contributed by atoms with Gasteiger partial charge in [-0.25, -0.2) is 13.8 Å². The lowest BCUT2D eigenvalue weighted by Gasteiger charge is -2.22. The number of para-hydroxylation sites is 1. The summed E-state index contributed by atoms with van der Waals surface area (Å²) in [4.78, 5) is 18.6. The molecule has 1 heterocycles. The van der Waals surface area contributed by atoms with Crippen molar-refractivity contribution in [3.63, 3.8) is 0 Å². The van der Waals surface area contributed by atoms with Gasteiger partial charge in [0.1, 0.15) is 5.01 Å². The molecular formula is C18H17F2N3OS. The van der Waals surface area contributed by atoms with E-state index >= 15 is 0 Å². The van der Waals surface area contributed by atoms with E-state index in [1.807, 2.05) is 43.1 Å². The van der Waals surface area contributed by atoms with Crippen LogP contribution in [0.15, 0.2) is 42.5 Å². The SMILES string of the molecule is C[C@H](c1nc2ccccc2s1)N(C)CC(=O)Nc1ccc(F)c(F)c1. The average molecular weight is 361 g/mol. The van der Waals surface area contributed by atoms with Crippen molar-refractivity contribution in [2.45, 2.75) is 13.0 Å². The maximum atomic E-state index is 13.2. The predicted molar refractivity (Wildman–Crippen MR) is 95.7 cm³/mol. The molecule has 1 aromatic heterocycles. The lowest BCUT2D eigenvalue weighted by molar-refractivity contribution is -0.117. The maximum Gasteiger partial charge on any atom is 0.238 e. The summed E-state index contributed by atoms with van der Waals surface area (Å²) in [5.74, 6) is -2.24.